The first-order valence-corrected chi connectivity index (χ1v) is 8.34. The number of imidazole rings is 1. The van der Waals surface area contributed by atoms with Crippen LogP contribution in [-0.4, -0.2) is 18.4 Å². The first-order valence-electron chi connectivity index (χ1n) is 6.48. The first kappa shape index (κ1) is 16.0. The van der Waals surface area contributed by atoms with E-state index in [2.05, 4.69) is 14.7 Å². The number of halogens is 1. The molecule has 0 aliphatic heterocycles. The zero-order valence-electron chi connectivity index (χ0n) is 11.5. The van der Waals surface area contributed by atoms with E-state index >= 15 is 0 Å². The molecular weight excluding hydrogens is 312 g/mol. The van der Waals surface area contributed by atoms with E-state index in [1.165, 1.54) is 12.1 Å². The molecule has 0 aliphatic rings. The lowest BCUT2D eigenvalue weighted by molar-refractivity contribution is 0.539. The molecule has 114 valence electrons. The van der Waals surface area contributed by atoms with Crippen LogP contribution in [0, 0.1) is 0 Å². The maximum Gasteiger partial charge on any atom is 0.242 e. The van der Waals surface area contributed by atoms with Crippen LogP contribution in [0.4, 0.5) is 0 Å². The number of nitrogens with one attached hydrogen (secondary N) is 2. The van der Waals surface area contributed by atoms with Crippen LogP contribution in [0.25, 0.3) is 0 Å². The molecule has 1 aromatic heterocycles. The number of benzene rings is 1. The Hall–Kier alpha value is -1.41. The number of nitrogens with two attached hydrogens (primary N) is 1. The summed E-state index contributed by atoms with van der Waals surface area (Å²) in [5.74, 6) is 0.562. The van der Waals surface area contributed by atoms with Crippen molar-refractivity contribution in [3.05, 3.63) is 47.0 Å². The third-order valence-electron chi connectivity index (χ3n) is 3.08. The number of nitrogens with zero attached hydrogens (tertiary/aromatic N) is 1. The first-order chi connectivity index (χ1) is 9.97. The minimum Gasteiger partial charge on any atom is -0.347 e. The van der Waals surface area contributed by atoms with Gasteiger partial charge < -0.3 is 10.7 Å². The molecule has 0 aliphatic carbocycles. The molecule has 0 bridgehead atoms. The van der Waals surface area contributed by atoms with Gasteiger partial charge in [0, 0.05) is 18.9 Å². The zero-order valence-corrected chi connectivity index (χ0v) is 13.1. The van der Waals surface area contributed by atoms with Crippen molar-refractivity contribution in [3.63, 3.8) is 0 Å². The summed E-state index contributed by atoms with van der Waals surface area (Å²) in [6.45, 7) is 2.11. The van der Waals surface area contributed by atoms with Crippen LogP contribution in [0.1, 0.15) is 30.8 Å². The van der Waals surface area contributed by atoms with Crippen LogP contribution >= 0.6 is 11.6 Å². The average molecular weight is 329 g/mol. The van der Waals surface area contributed by atoms with Gasteiger partial charge in [-0.2, -0.15) is 0 Å². The van der Waals surface area contributed by atoms with E-state index < -0.39 is 16.1 Å². The van der Waals surface area contributed by atoms with Crippen LogP contribution in [0.5, 0.6) is 0 Å². The minimum absolute atomic E-state index is 0.0251. The Labute approximate surface area is 128 Å². The van der Waals surface area contributed by atoms with Crippen molar-refractivity contribution >= 4 is 21.6 Å². The molecule has 1 heterocycles. The summed E-state index contributed by atoms with van der Waals surface area (Å²) in [6, 6.07) is 4.28. The van der Waals surface area contributed by atoms with E-state index in [0.29, 0.717) is 17.8 Å². The molecule has 21 heavy (non-hydrogen) atoms. The summed E-state index contributed by atoms with van der Waals surface area (Å²) < 4.78 is 27.6. The van der Waals surface area contributed by atoms with Gasteiger partial charge in [0.1, 0.15) is 10.7 Å². The normalized spacial score (nSPS) is 13.3. The molecule has 1 unspecified atom stereocenters. The lowest BCUT2D eigenvalue weighted by Crippen LogP contribution is -2.29. The molecule has 8 heteroatoms. The summed E-state index contributed by atoms with van der Waals surface area (Å²) in [4.78, 5) is 7.02. The highest BCUT2D eigenvalue weighted by atomic mass is 35.5. The van der Waals surface area contributed by atoms with Crippen molar-refractivity contribution in [2.24, 2.45) is 5.73 Å². The molecule has 1 aromatic carbocycles. The van der Waals surface area contributed by atoms with Gasteiger partial charge in [0.25, 0.3) is 0 Å². The maximum atomic E-state index is 12.5. The molecule has 2 rings (SSSR count). The van der Waals surface area contributed by atoms with Crippen LogP contribution in [0.15, 0.2) is 35.5 Å². The summed E-state index contributed by atoms with van der Waals surface area (Å²) in [7, 11) is -3.76. The topological polar surface area (TPSA) is 101 Å². The standard InChI is InChI=1S/C13H17ClN4O2S/c1-2-11(13-16-5-6-17-13)18-21(19,20)12-7-9(8-15)3-4-10(12)14/h3-7,11,18H,2,8,15H2,1H3,(H,16,17). The summed E-state index contributed by atoms with van der Waals surface area (Å²) in [5.41, 5.74) is 6.24. The highest BCUT2D eigenvalue weighted by Crippen LogP contribution is 2.25. The van der Waals surface area contributed by atoms with Crippen LogP contribution in [0.2, 0.25) is 5.02 Å². The number of sulfonamides is 1. The number of aromatic amines is 1. The second-order valence-electron chi connectivity index (χ2n) is 4.53. The Morgan fingerprint density at radius 1 is 1.48 bits per heavy atom. The van der Waals surface area contributed by atoms with Crippen molar-refractivity contribution in [3.8, 4) is 0 Å². The van der Waals surface area contributed by atoms with Gasteiger partial charge in [-0.05, 0) is 24.1 Å². The molecule has 0 fully saturated rings. The van der Waals surface area contributed by atoms with E-state index in [9.17, 15) is 8.42 Å². The highest BCUT2D eigenvalue weighted by molar-refractivity contribution is 7.89. The molecule has 0 radical (unpaired) electrons. The second kappa shape index (κ2) is 6.57. The van der Waals surface area contributed by atoms with E-state index in [1.807, 2.05) is 6.92 Å². The average Bonchev–Trinajstić information content (AvgIpc) is 2.99. The van der Waals surface area contributed by atoms with Crippen molar-refractivity contribution in [1.82, 2.24) is 14.7 Å². The van der Waals surface area contributed by atoms with Gasteiger partial charge in [0.05, 0.1) is 11.1 Å². The third-order valence-corrected chi connectivity index (χ3v) is 5.03. The quantitative estimate of drug-likeness (QED) is 0.754. The Balaban J connectivity index is 2.34. The fraction of sp³-hybridized carbons (Fsp3) is 0.308. The van der Waals surface area contributed by atoms with E-state index in [-0.39, 0.29) is 16.5 Å². The Morgan fingerprint density at radius 3 is 2.81 bits per heavy atom. The number of rotatable bonds is 6. The van der Waals surface area contributed by atoms with Crippen LogP contribution < -0.4 is 10.5 Å². The van der Waals surface area contributed by atoms with E-state index in [4.69, 9.17) is 17.3 Å². The molecule has 0 saturated heterocycles. The molecule has 0 saturated carbocycles. The van der Waals surface area contributed by atoms with Crippen molar-refractivity contribution < 1.29 is 8.42 Å². The fourth-order valence-electron chi connectivity index (χ4n) is 1.93. The van der Waals surface area contributed by atoms with Gasteiger partial charge in [-0.3, -0.25) is 0 Å². The van der Waals surface area contributed by atoms with Gasteiger partial charge in [0.2, 0.25) is 10.0 Å². The molecule has 0 amide bonds. The summed E-state index contributed by atoms with van der Waals surface area (Å²) >= 11 is 6.01. The third kappa shape index (κ3) is 3.62. The maximum absolute atomic E-state index is 12.5. The Morgan fingerprint density at radius 2 is 2.24 bits per heavy atom. The van der Waals surface area contributed by atoms with Gasteiger partial charge in [-0.15, -0.1) is 0 Å². The summed E-state index contributed by atoms with van der Waals surface area (Å²) in [6.07, 6.45) is 3.78. The molecular formula is C13H17ClN4O2S. The lowest BCUT2D eigenvalue weighted by Gasteiger charge is -2.16. The SMILES string of the molecule is CCC(NS(=O)(=O)c1cc(CN)ccc1Cl)c1ncc[nH]1. The molecule has 0 spiro atoms. The van der Waals surface area contributed by atoms with Gasteiger partial charge in [-0.1, -0.05) is 24.6 Å². The Bertz CT molecular complexity index is 701. The van der Waals surface area contributed by atoms with Gasteiger partial charge in [0.15, 0.2) is 0 Å². The molecule has 6 nitrogen and oxygen atoms in total. The Kier molecular flexibility index (Phi) is 5.00. The molecule has 1 atom stereocenters. The van der Waals surface area contributed by atoms with Crippen LogP contribution in [-0.2, 0) is 16.6 Å². The van der Waals surface area contributed by atoms with E-state index in [0.717, 1.165) is 0 Å². The smallest absolute Gasteiger partial charge is 0.242 e. The number of hydrogen-bond donors (Lipinski definition) is 3. The van der Waals surface area contributed by atoms with Crippen LogP contribution in [0.3, 0.4) is 0 Å². The molecule has 2 aromatic rings. The fourth-order valence-corrected chi connectivity index (χ4v) is 3.77. The highest BCUT2D eigenvalue weighted by Gasteiger charge is 2.24. The monoisotopic (exact) mass is 328 g/mol. The predicted molar refractivity (Wildman–Crippen MR) is 81.3 cm³/mol. The number of H-pyrrole nitrogens is 1. The number of aromatic nitrogens is 2. The van der Waals surface area contributed by atoms with E-state index in [1.54, 1.807) is 18.5 Å². The lowest BCUT2D eigenvalue weighted by atomic mass is 10.2. The minimum atomic E-state index is -3.76. The largest absolute Gasteiger partial charge is 0.347 e. The second-order valence-corrected chi connectivity index (χ2v) is 6.62. The predicted octanol–water partition coefficient (Wildman–Crippen LogP) is 1.95. The van der Waals surface area contributed by atoms with Crippen molar-refractivity contribution in [2.75, 3.05) is 0 Å². The van der Waals surface area contributed by atoms with Gasteiger partial charge in [-0.25, -0.2) is 18.1 Å². The summed E-state index contributed by atoms with van der Waals surface area (Å²) in [5, 5.41) is 0.161. The zero-order chi connectivity index (χ0) is 15.5. The van der Waals surface area contributed by atoms with Crippen molar-refractivity contribution in [1.29, 1.82) is 0 Å². The van der Waals surface area contributed by atoms with Crippen molar-refractivity contribution in [2.45, 2.75) is 30.8 Å². The van der Waals surface area contributed by atoms with Gasteiger partial charge >= 0.3 is 0 Å². The molecule has 4 N–H and O–H groups in total. The number of hydrogen-bond acceptors (Lipinski definition) is 4.